The molecular formula is C22H18N8. The molecule has 1 aliphatic carbocycles. The predicted molar refractivity (Wildman–Crippen MR) is 109 cm³/mol. The highest BCUT2D eigenvalue weighted by atomic mass is 15.3. The highest BCUT2D eigenvalue weighted by Gasteiger charge is 2.46. The van der Waals surface area contributed by atoms with Crippen LogP contribution in [0, 0.1) is 28.6 Å². The fourth-order valence-electron chi connectivity index (χ4n) is 4.37. The van der Waals surface area contributed by atoms with Crippen LogP contribution < -0.4 is 0 Å². The smallest absolute Gasteiger partial charge is 0.111 e. The molecule has 1 fully saturated rings. The lowest BCUT2D eigenvalue weighted by atomic mass is 9.66. The Labute approximate surface area is 172 Å². The molecule has 0 saturated heterocycles. The number of aromatic nitrogens is 6. The zero-order chi connectivity index (χ0) is 20.6. The molecule has 0 unspecified atom stereocenters. The van der Waals surface area contributed by atoms with E-state index in [4.69, 9.17) is 15.3 Å². The van der Waals surface area contributed by atoms with Crippen LogP contribution in [0.1, 0.15) is 25.7 Å². The number of hydrogen-bond donors (Lipinski definition) is 1. The summed E-state index contributed by atoms with van der Waals surface area (Å²) in [7, 11) is 0. The van der Waals surface area contributed by atoms with Gasteiger partial charge in [-0.05, 0) is 49.1 Å². The van der Waals surface area contributed by atoms with Crippen LogP contribution in [0.15, 0.2) is 48.9 Å². The second-order valence-electron chi connectivity index (χ2n) is 7.74. The summed E-state index contributed by atoms with van der Waals surface area (Å²) in [4.78, 5) is 9.35. The van der Waals surface area contributed by atoms with E-state index in [0.29, 0.717) is 18.8 Å². The van der Waals surface area contributed by atoms with Gasteiger partial charge in [-0.25, -0.2) is 4.98 Å². The second kappa shape index (κ2) is 7.09. The second-order valence-corrected chi connectivity index (χ2v) is 7.74. The van der Waals surface area contributed by atoms with Crippen LogP contribution in [0.2, 0.25) is 0 Å². The first-order valence-corrected chi connectivity index (χ1v) is 9.78. The molecule has 4 aromatic heterocycles. The lowest BCUT2D eigenvalue weighted by molar-refractivity contribution is 0.0601. The molecule has 4 aromatic rings. The van der Waals surface area contributed by atoms with Gasteiger partial charge in [-0.1, -0.05) is 0 Å². The molecule has 0 amide bonds. The van der Waals surface area contributed by atoms with Gasteiger partial charge in [0.2, 0.25) is 0 Å². The average Bonchev–Trinajstić information content (AvgIpc) is 3.44. The molecule has 0 aromatic carbocycles. The fraction of sp³-hybridized carbons (Fsp3) is 0.273. The topological polar surface area (TPSA) is 120 Å². The fourth-order valence-corrected chi connectivity index (χ4v) is 4.37. The SMILES string of the molecule is N#CCC1CC(CC#N)(n2ccc(-c3nc(-c4ccn[nH]4)cc4ncccc34)n2)C1. The van der Waals surface area contributed by atoms with Crippen molar-refractivity contribution < 1.29 is 0 Å². The maximum atomic E-state index is 9.37. The zero-order valence-electron chi connectivity index (χ0n) is 16.2. The third kappa shape index (κ3) is 2.90. The summed E-state index contributed by atoms with van der Waals surface area (Å²) < 4.78 is 1.90. The summed E-state index contributed by atoms with van der Waals surface area (Å²) in [6.07, 6.45) is 7.84. The van der Waals surface area contributed by atoms with E-state index in [-0.39, 0.29) is 5.54 Å². The van der Waals surface area contributed by atoms with Crippen LogP contribution in [0.25, 0.3) is 33.7 Å². The third-order valence-corrected chi connectivity index (χ3v) is 5.82. The first-order chi connectivity index (χ1) is 14.7. The van der Waals surface area contributed by atoms with Crippen molar-refractivity contribution in [3.63, 3.8) is 0 Å². The summed E-state index contributed by atoms with van der Waals surface area (Å²) in [6.45, 7) is 0. The Morgan fingerprint density at radius 1 is 1.13 bits per heavy atom. The summed E-state index contributed by atoms with van der Waals surface area (Å²) in [5.74, 6) is 0.322. The number of rotatable bonds is 5. The van der Waals surface area contributed by atoms with E-state index in [0.717, 1.165) is 46.5 Å². The summed E-state index contributed by atoms with van der Waals surface area (Å²) in [5.41, 5.74) is 3.50. The van der Waals surface area contributed by atoms with E-state index in [1.54, 1.807) is 12.4 Å². The van der Waals surface area contributed by atoms with E-state index >= 15 is 0 Å². The van der Waals surface area contributed by atoms with E-state index < -0.39 is 0 Å². The van der Waals surface area contributed by atoms with Crippen molar-refractivity contribution in [3.8, 4) is 34.9 Å². The van der Waals surface area contributed by atoms with Crippen molar-refractivity contribution in [2.24, 2.45) is 5.92 Å². The lowest BCUT2D eigenvalue weighted by Crippen LogP contribution is -2.46. The molecule has 0 aliphatic heterocycles. The molecule has 0 radical (unpaired) electrons. The molecule has 1 saturated carbocycles. The molecule has 5 rings (SSSR count). The van der Waals surface area contributed by atoms with E-state index in [9.17, 15) is 5.26 Å². The Morgan fingerprint density at radius 3 is 2.80 bits per heavy atom. The van der Waals surface area contributed by atoms with Gasteiger partial charge in [0.15, 0.2) is 0 Å². The van der Waals surface area contributed by atoms with Gasteiger partial charge >= 0.3 is 0 Å². The van der Waals surface area contributed by atoms with Crippen LogP contribution >= 0.6 is 0 Å². The van der Waals surface area contributed by atoms with Crippen LogP contribution in [0.5, 0.6) is 0 Å². The number of nitriles is 2. The molecule has 1 N–H and O–H groups in total. The monoisotopic (exact) mass is 394 g/mol. The minimum Gasteiger partial charge on any atom is -0.276 e. The predicted octanol–water partition coefficient (Wildman–Crippen LogP) is 3.82. The number of pyridine rings is 2. The number of aromatic amines is 1. The highest BCUT2D eigenvalue weighted by molar-refractivity contribution is 5.93. The number of H-pyrrole nitrogens is 1. The van der Waals surface area contributed by atoms with Crippen LogP contribution in [-0.4, -0.2) is 29.9 Å². The van der Waals surface area contributed by atoms with Crippen LogP contribution in [-0.2, 0) is 5.54 Å². The Balaban J connectivity index is 1.58. The van der Waals surface area contributed by atoms with Gasteiger partial charge in [-0.15, -0.1) is 0 Å². The van der Waals surface area contributed by atoms with Gasteiger partial charge in [-0.3, -0.25) is 14.8 Å². The normalized spacial score (nSPS) is 20.4. The van der Waals surface area contributed by atoms with Gasteiger partial charge in [0.05, 0.1) is 41.0 Å². The Hall–Kier alpha value is -4.04. The highest BCUT2D eigenvalue weighted by Crippen LogP contribution is 2.47. The largest absolute Gasteiger partial charge is 0.276 e. The summed E-state index contributed by atoms with van der Waals surface area (Å²) in [5, 5.41) is 31.0. The molecular weight excluding hydrogens is 376 g/mol. The zero-order valence-corrected chi connectivity index (χ0v) is 16.2. The van der Waals surface area contributed by atoms with Crippen LogP contribution in [0.4, 0.5) is 0 Å². The lowest BCUT2D eigenvalue weighted by Gasteiger charge is -2.46. The van der Waals surface area contributed by atoms with Gasteiger partial charge < -0.3 is 0 Å². The maximum absolute atomic E-state index is 9.37. The van der Waals surface area contributed by atoms with E-state index in [2.05, 4.69) is 27.3 Å². The minimum absolute atomic E-state index is 0.322. The molecule has 0 spiro atoms. The molecule has 0 atom stereocenters. The van der Waals surface area contributed by atoms with Crippen molar-refractivity contribution in [1.29, 1.82) is 10.5 Å². The minimum atomic E-state index is -0.344. The quantitative estimate of drug-likeness (QED) is 0.549. The van der Waals surface area contributed by atoms with Crippen molar-refractivity contribution in [2.45, 2.75) is 31.2 Å². The van der Waals surface area contributed by atoms with Crippen molar-refractivity contribution in [1.82, 2.24) is 29.9 Å². The van der Waals surface area contributed by atoms with E-state index in [1.165, 1.54) is 0 Å². The molecule has 0 bridgehead atoms. The van der Waals surface area contributed by atoms with Gasteiger partial charge in [-0.2, -0.15) is 20.7 Å². The van der Waals surface area contributed by atoms with Crippen LogP contribution in [0.3, 0.4) is 0 Å². The summed E-state index contributed by atoms with van der Waals surface area (Å²) in [6, 6.07) is 14.1. The first kappa shape index (κ1) is 18.0. The number of nitrogens with one attached hydrogen (secondary N) is 1. The molecule has 8 nitrogen and oxygen atoms in total. The number of hydrogen-bond acceptors (Lipinski definition) is 6. The van der Waals surface area contributed by atoms with Crippen molar-refractivity contribution in [2.75, 3.05) is 0 Å². The summed E-state index contributed by atoms with van der Waals surface area (Å²) >= 11 is 0. The molecule has 1 aliphatic rings. The van der Waals surface area contributed by atoms with Crippen molar-refractivity contribution >= 4 is 10.9 Å². The average molecular weight is 394 g/mol. The number of fused-ring (bicyclic) bond motifs is 1. The van der Waals surface area contributed by atoms with Gasteiger partial charge in [0.1, 0.15) is 11.4 Å². The molecule has 30 heavy (non-hydrogen) atoms. The van der Waals surface area contributed by atoms with Gasteiger partial charge in [0, 0.05) is 30.4 Å². The molecule has 146 valence electrons. The Kier molecular flexibility index (Phi) is 4.26. The Bertz CT molecular complexity index is 1280. The van der Waals surface area contributed by atoms with Crippen molar-refractivity contribution in [3.05, 3.63) is 48.9 Å². The third-order valence-electron chi connectivity index (χ3n) is 5.82. The molecule has 8 heteroatoms. The number of nitrogens with zero attached hydrogens (tertiary/aromatic N) is 7. The Morgan fingerprint density at radius 2 is 2.03 bits per heavy atom. The van der Waals surface area contributed by atoms with E-state index in [1.807, 2.05) is 41.2 Å². The standard InChI is InChI=1S/C22H18N8/c23-7-3-15-13-22(14-15,6-8-24)30-11-5-18(29-30)21-16-2-1-9-25-19(16)12-20(27-21)17-4-10-26-28-17/h1-2,4-5,9-12,15H,3,6,13-14H2,(H,26,28). The first-order valence-electron chi connectivity index (χ1n) is 9.78. The molecule has 4 heterocycles. The maximum Gasteiger partial charge on any atom is 0.111 e. The van der Waals surface area contributed by atoms with Gasteiger partial charge in [0.25, 0.3) is 0 Å².